The van der Waals surface area contributed by atoms with Gasteiger partial charge in [-0.1, -0.05) is 65.2 Å². The molecule has 0 radical (unpaired) electrons. The van der Waals surface area contributed by atoms with Crippen LogP contribution in [0.5, 0.6) is 0 Å². The number of carbonyl (C=O) groups excluding carboxylic acids is 2. The van der Waals surface area contributed by atoms with Gasteiger partial charge in [0.15, 0.2) is 0 Å². The van der Waals surface area contributed by atoms with E-state index in [2.05, 4.69) is 5.32 Å². The van der Waals surface area contributed by atoms with Crippen LogP contribution >= 0.6 is 23.2 Å². The largest absolute Gasteiger partial charge is 0.355 e. The van der Waals surface area contributed by atoms with Crippen LogP contribution in [0.1, 0.15) is 30.5 Å². The van der Waals surface area contributed by atoms with Crippen molar-refractivity contribution in [2.75, 3.05) is 17.4 Å². The Labute approximate surface area is 234 Å². The number of amides is 2. The van der Waals surface area contributed by atoms with Gasteiger partial charge in [-0.3, -0.25) is 13.9 Å². The number of halogens is 2. The van der Waals surface area contributed by atoms with Crippen LogP contribution in [0.25, 0.3) is 0 Å². The topological polar surface area (TPSA) is 86.8 Å². The molecule has 0 spiro atoms. The minimum Gasteiger partial charge on any atom is -0.355 e. The fourth-order valence-corrected chi connectivity index (χ4v) is 5.88. The van der Waals surface area contributed by atoms with Gasteiger partial charge >= 0.3 is 0 Å². The Bertz CT molecular complexity index is 1410. The molecule has 0 unspecified atom stereocenters. The summed E-state index contributed by atoms with van der Waals surface area (Å²) in [6.07, 6.45) is 0. The quantitative estimate of drug-likeness (QED) is 0.352. The van der Waals surface area contributed by atoms with Gasteiger partial charge in [-0.25, -0.2) is 8.42 Å². The highest BCUT2D eigenvalue weighted by Gasteiger charge is 2.33. The molecule has 0 bridgehead atoms. The summed E-state index contributed by atoms with van der Waals surface area (Å²) in [6, 6.07) is 17.4. The third-order valence-electron chi connectivity index (χ3n) is 6.09. The molecule has 3 aromatic rings. The van der Waals surface area contributed by atoms with Crippen molar-refractivity contribution in [3.8, 4) is 0 Å². The van der Waals surface area contributed by atoms with Crippen LogP contribution in [-0.4, -0.2) is 44.3 Å². The highest BCUT2D eigenvalue weighted by Crippen LogP contribution is 2.29. The summed E-state index contributed by atoms with van der Waals surface area (Å²) in [5.41, 5.74) is 2.69. The van der Waals surface area contributed by atoms with E-state index in [0.717, 1.165) is 9.87 Å². The number of sulfonamides is 1. The lowest BCUT2D eigenvalue weighted by molar-refractivity contribution is -0.139. The van der Waals surface area contributed by atoms with E-state index in [4.69, 9.17) is 23.2 Å². The number of likely N-dealkylation sites (N-methyl/N-ethyl adjacent to an activating group) is 1. The maximum atomic E-state index is 13.9. The second kappa shape index (κ2) is 12.7. The third kappa shape index (κ3) is 6.87. The Kier molecular flexibility index (Phi) is 9.82. The number of rotatable bonds is 10. The second-order valence-electron chi connectivity index (χ2n) is 8.96. The van der Waals surface area contributed by atoms with Crippen molar-refractivity contribution in [2.45, 2.75) is 45.2 Å². The first kappa shape index (κ1) is 29.5. The van der Waals surface area contributed by atoms with E-state index in [1.165, 1.54) is 17.0 Å². The zero-order valence-electron chi connectivity index (χ0n) is 21.7. The fourth-order valence-electron chi connectivity index (χ4n) is 4.06. The molecular formula is C28H31Cl2N3O4S. The average Bonchev–Trinajstić information content (AvgIpc) is 2.88. The number of nitrogens with one attached hydrogen (secondary N) is 1. The standard InChI is InChI=1S/C28H31Cl2N3O4S/c1-5-31-28(35)21(4)32(17-22-12-13-24(29)25(30)16-22)27(34)18-33(26-14-11-19(2)15-20(26)3)38(36,37)23-9-7-6-8-10-23/h6-16,21H,5,17-18H2,1-4H3,(H,31,35)/t21-/m0/s1. The summed E-state index contributed by atoms with van der Waals surface area (Å²) in [5, 5.41) is 3.40. The Morgan fingerprint density at radius 3 is 2.24 bits per heavy atom. The van der Waals surface area contributed by atoms with Gasteiger partial charge in [0.05, 0.1) is 20.6 Å². The van der Waals surface area contributed by atoms with E-state index in [1.54, 1.807) is 69.3 Å². The van der Waals surface area contributed by atoms with Crippen LogP contribution in [0.4, 0.5) is 5.69 Å². The zero-order valence-corrected chi connectivity index (χ0v) is 24.1. The molecule has 10 heteroatoms. The number of hydrogen-bond acceptors (Lipinski definition) is 4. The van der Waals surface area contributed by atoms with E-state index < -0.39 is 28.5 Å². The van der Waals surface area contributed by atoms with Crippen LogP contribution in [0.2, 0.25) is 10.0 Å². The molecule has 2 amide bonds. The summed E-state index contributed by atoms with van der Waals surface area (Å²) in [5.74, 6) is -0.904. The van der Waals surface area contributed by atoms with Gasteiger partial charge in [-0.15, -0.1) is 0 Å². The molecule has 0 aliphatic carbocycles. The van der Waals surface area contributed by atoms with Gasteiger partial charge in [-0.05, 0) is 69.2 Å². The molecule has 0 fully saturated rings. The number of hydrogen-bond donors (Lipinski definition) is 1. The number of nitrogens with zero attached hydrogens (tertiary/aromatic N) is 2. The van der Waals surface area contributed by atoms with Gasteiger partial charge in [0.1, 0.15) is 12.6 Å². The molecule has 38 heavy (non-hydrogen) atoms. The summed E-state index contributed by atoms with van der Waals surface area (Å²) in [7, 11) is -4.11. The molecule has 0 aliphatic rings. The van der Waals surface area contributed by atoms with Gasteiger partial charge in [0.2, 0.25) is 11.8 Å². The van der Waals surface area contributed by atoms with Crippen LogP contribution in [0.15, 0.2) is 71.6 Å². The summed E-state index contributed by atoms with van der Waals surface area (Å²) in [6.45, 7) is 7.00. The van der Waals surface area contributed by atoms with E-state index in [9.17, 15) is 18.0 Å². The summed E-state index contributed by atoms with van der Waals surface area (Å²) >= 11 is 12.2. The maximum Gasteiger partial charge on any atom is 0.264 e. The van der Waals surface area contributed by atoms with Gasteiger partial charge < -0.3 is 10.2 Å². The first-order chi connectivity index (χ1) is 17.9. The van der Waals surface area contributed by atoms with E-state index in [1.807, 2.05) is 13.0 Å². The Balaban J connectivity index is 2.06. The molecule has 1 N–H and O–H groups in total. The zero-order chi connectivity index (χ0) is 28.0. The van der Waals surface area contributed by atoms with Gasteiger partial charge in [0.25, 0.3) is 10.0 Å². The van der Waals surface area contributed by atoms with Crippen molar-refractivity contribution in [1.29, 1.82) is 0 Å². The van der Waals surface area contributed by atoms with Gasteiger partial charge in [-0.2, -0.15) is 0 Å². The van der Waals surface area contributed by atoms with Crippen molar-refractivity contribution in [3.05, 3.63) is 93.5 Å². The van der Waals surface area contributed by atoms with E-state index >= 15 is 0 Å². The number of aryl methyl sites for hydroxylation is 2. The van der Waals surface area contributed by atoms with Crippen LogP contribution in [0, 0.1) is 13.8 Å². The molecule has 0 heterocycles. The SMILES string of the molecule is CCNC(=O)[C@H](C)N(Cc1ccc(Cl)c(Cl)c1)C(=O)CN(c1ccc(C)cc1C)S(=O)(=O)c1ccccc1. The second-order valence-corrected chi connectivity index (χ2v) is 11.6. The molecule has 0 saturated heterocycles. The third-order valence-corrected chi connectivity index (χ3v) is 8.60. The molecule has 7 nitrogen and oxygen atoms in total. The molecule has 0 saturated carbocycles. The van der Waals surface area contributed by atoms with Crippen LogP contribution in [0.3, 0.4) is 0 Å². The Morgan fingerprint density at radius 2 is 1.63 bits per heavy atom. The molecular weight excluding hydrogens is 545 g/mol. The van der Waals surface area contributed by atoms with Crippen molar-refractivity contribution in [1.82, 2.24) is 10.2 Å². The average molecular weight is 577 g/mol. The van der Waals surface area contributed by atoms with Crippen molar-refractivity contribution in [2.24, 2.45) is 0 Å². The summed E-state index contributed by atoms with van der Waals surface area (Å²) < 4.78 is 28.7. The lowest BCUT2D eigenvalue weighted by Crippen LogP contribution is -2.51. The predicted octanol–water partition coefficient (Wildman–Crippen LogP) is 5.36. The number of anilines is 1. The lowest BCUT2D eigenvalue weighted by atomic mass is 10.1. The number of carbonyl (C=O) groups is 2. The molecule has 3 aromatic carbocycles. The molecule has 3 rings (SSSR count). The Hall–Kier alpha value is -3.07. The van der Waals surface area contributed by atoms with Crippen molar-refractivity contribution >= 4 is 50.7 Å². The highest BCUT2D eigenvalue weighted by atomic mass is 35.5. The molecule has 202 valence electrons. The molecule has 1 atom stereocenters. The van der Waals surface area contributed by atoms with Crippen molar-refractivity contribution < 1.29 is 18.0 Å². The maximum absolute atomic E-state index is 13.9. The number of benzene rings is 3. The fraction of sp³-hybridized carbons (Fsp3) is 0.286. The first-order valence-corrected chi connectivity index (χ1v) is 14.3. The van der Waals surface area contributed by atoms with E-state index in [0.29, 0.717) is 33.4 Å². The lowest BCUT2D eigenvalue weighted by Gasteiger charge is -2.32. The van der Waals surface area contributed by atoms with Crippen LogP contribution in [-0.2, 0) is 26.2 Å². The smallest absolute Gasteiger partial charge is 0.264 e. The first-order valence-electron chi connectivity index (χ1n) is 12.1. The van der Waals surface area contributed by atoms with Gasteiger partial charge in [0, 0.05) is 13.1 Å². The predicted molar refractivity (Wildman–Crippen MR) is 152 cm³/mol. The molecule has 0 aliphatic heterocycles. The highest BCUT2D eigenvalue weighted by molar-refractivity contribution is 7.92. The van der Waals surface area contributed by atoms with Crippen LogP contribution < -0.4 is 9.62 Å². The monoisotopic (exact) mass is 575 g/mol. The molecule has 0 aromatic heterocycles. The minimum absolute atomic E-state index is 0.0279. The van der Waals surface area contributed by atoms with Crippen molar-refractivity contribution in [3.63, 3.8) is 0 Å². The minimum atomic E-state index is -4.11. The Morgan fingerprint density at radius 1 is 0.947 bits per heavy atom. The van der Waals surface area contributed by atoms with E-state index in [-0.39, 0.29) is 17.3 Å². The summed E-state index contributed by atoms with van der Waals surface area (Å²) in [4.78, 5) is 28.1. The normalized spacial score (nSPS) is 12.1.